The van der Waals surface area contributed by atoms with E-state index in [-0.39, 0.29) is 11.6 Å². The zero-order valence-corrected chi connectivity index (χ0v) is 14.1. The van der Waals surface area contributed by atoms with Crippen LogP contribution in [-0.4, -0.2) is 43.3 Å². The van der Waals surface area contributed by atoms with Crippen molar-refractivity contribution in [2.24, 2.45) is 0 Å². The van der Waals surface area contributed by atoms with Crippen molar-refractivity contribution in [1.29, 1.82) is 0 Å². The topological polar surface area (TPSA) is 24.5 Å². The van der Waals surface area contributed by atoms with E-state index in [4.69, 9.17) is 16.3 Å². The molecule has 21 heavy (non-hydrogen) atoms. The molecule has 0 bridgehead atoms. The van der Waals surface area contributed by atoms with Gasteiger partial charge in [0.05, 0.1) is 19.3 Å². The zero-order chi connectivity index (χ0) is 15.3. The van der Waals surface area contributed by atoms with Gasteiger partial charge in [0.25, 0.3) is 0 Å². The SMILES string of the molecule is CCCNC(c1ccccc1Cl)C(C)(C)N1CCOCC1. The Balaban J connectivity index is 2.27. The van der Waals surface area contributed by atoms with Gasteiger partial charge in [-0.25, -0.2) is 0 Å². The van der Waals surface area contributed by atoms with Gasteiger partial charge in [0, 0.05) is 23.7 Å². The first kappa shape index (κ1) is 16.8. The van der Waals surface area contributed by atoms with Gasteiger partial charge in [-0.15, -0.1) is 0 Å². The average molecular weight is 311 g/mol. The molecule has 1 fully saturated rings. The van der Waals surface area contributed by atoms with Crippen LogP contribution in [0, 0.1) is 0 Å². The third kappa shape index (κ3) is 3.98. The summed E-state index contributed by atoms with van der Waals surface area (Å²) in [5.74, 6) is 0. The molecule has 3 nitrogen and oxygen atoms in total. The summed E-state index contributed by atoms with van der Waals surface area (Å²) in [5, 5.41) is 4.54. The van der Waals surface area contributed by atoms with Crippen molar-refractivity contribution >= 4 is 11.6 Å². The Kier molecular flexibility index (Phi) is 6.06. The predicted octanol–water partition coefficient (Wildman–Crippen LogP) is 3.49. The molecule has 1 aromatic rings. The molecule has 0 amide bonds. The third-order valence-corrected chi connectivity index (χ3v) is 4.69. The summed E-state index contributed by atoms with van der Waals surface area (Å²) in [7, 11) is 0. The van der Waals surface area contributed by atoms with Gasteiger partial charge in [0.2, 0.25) is 0 Å². The summed E-state index contributed by atoms with van der Waals surface area (Å²) < 4.78 is 5.50. The maximum absolute atomic E-state index is 6.46. The second-order valence-corrected chi connectivity index (χ2v) is 6.57. The highest BCUT2D eigenvalue weighted by molar-refractivity contribution is 6.31. The Morgan fingerprint density at radius 2 is 1.95 bits per heavy atom. The Hall–Kier alpha value is -0.610. The van der Waals surface area contributed by atoms with Crippen molar-refractivity contribution in [3.63, 3.8) is 0 Å². The lowest BCUT2D eigenvalue weighted by Gasteiger charge is -2.46. The lowest BCUT2D eigenvalue weighted by atomic mass is 9.86. The molecule has 1 N–H and O–H groups in total. The minimum atomic E-state index is -0.00998. The molecule has 1 aliphatic rings. The van der Waals surface area contributed by atoms with Crippen molar-refractivity contribution in [1.82, 2.24) is 10.2 Å². The van der Waals surface area contributed by atoms with E-state index in [1.807, 2.05) is 12.1 Å². The average Bonchev–Trinajstić information content (AvgIpc) is 2.50. The van der Waals surface area contributed by atoms with Crippen molar-refractivity contribution in [2.45, 2.75) is 38.8 Å². The summed E-state index contributed by atoms with van der Waals surface area (Å²) in [6, 6.07) is 8.39. The fraction of sp³-hybridized carbons (Fsp3) is 0.647. The van der Waals surface area contributed by atoms with Gasteiger partial charge in [-0.05, 0) is 38.4 Å². The summed E-state index contributed by atoms with van der Waals surface area (Å²) >= 11 is 6.46. The van der Waals surface area contributed by atoms with E-state index < -0.39 is 0 Å². The molecule has 1 atom stereocenters. The first-order valence-electron chi connectivity index (χ1n) is 7.88. The summed E-state index contributed by atoms with van der Waals surface area (Å²) in [4.78, 5) is 2.51. The van der Waals surface area contributed by atoms with Crippen LogP contribution in [0.3, 0.4) is 0 Å². The summed E-state index contributed by atoms with van der Waals surface area (Å²) in [5.41, 5.74) is 1.17. The summed E-state index contributed by atoms with van der Waals surface area (Å²) in [6.45, 7) is 11.4. The smallest absolute Gasteiger partial charge is 0.0594 e. The molecule has 1 heterocycles. The van der Waals surface area contributed by atoms with E-state index >= 15 is 0 Å². The van der Waals surface area contributed by atoms with E-state index in [9.17, 15) is 0 Å². The number of hydrogen-bond acceptors (Lipinski definition) is 3. The fourth-order valence-corrected chi connectivity index (χ4v) is 3.31. The Morgan fingerprint density at radius 3 is 2.57 bits per heavy atom. The molecule has 0 aromatic heterocycles. The minimum absolute atomic E-state index is 0.00998. The van der Waals surface area contributed by atoms with Crippen LogP contribution in [-0.2, 0) is 4.74 Å². The normalized spacial score (nSPS) is 18.7. The largest absolute Gasteiger partial charge is 0.379 e. The standard InChI is InChI=1S/C17H27ClN2O/c1-4-9-19-16(14-7-5-6-8-15(14)18)17(2,3)20-10-12-21-13-11-20/h5-8,16,19H,4,9-13H2,1-3H3. The number of morpholine rings is 1. The number of nitrogens with zero attached hydrogens (tertiary/aromatic N) is 1. The highest BCUT2D eigenvalue weighted by atomic mass is 35.5. The van der Waals surface area contributed by atoms with E-state index in [0.29, 0.717) is 0 Å². The van der Waals surface area contributed by atoms with Gasteiger partial charge in [-0.2, -0.15) is 0 Å². The quantitative estimate of drug-likeness (QED) is 0.870. The van der Waals surface area contributed by atoms with Gasteiger partial charge in [0.15, 0.2) is 0 Å². The fourth-order valence-electron chi connectivity index (χ4n) is 3.06. The monoisotopic (exact) mass is 310 g/mol. The lowest BCUT2D eigenvalue weighted by Crippen LogP contribution is -2.56. The Morgan fingerprint density at radius 1 is 1.29 bits per heavy atom. The number of benzene rings is 1. The van der Waals surface area contributed by atoms with Gasteiger partial charge in [-0.3, -0.25) is 4.90 Å². The first-order chi connectivity index (χ1) is 10.1. The highest BCUT2D eigenvalue weighted by Gasteiger charge is 2.37. The van der Waals surface area contributed by atoms with Gasteiger partial charge >= 0.3 is 0 Å². The van der Waals surface area contributed by atoms with Crippen LogP contribution in [0.5, 0.6) is 0 Å². The van der Waals surface area contributed by atoms with E-state index in [0.717, 1.165) is 44.3 Å². The minimum Gasteiger partial charge on any atom is -0.379 e. The molecule has 0 aliphatic carbocycles. The van der Waals surface area contributed by atoms with Crippen LogP contribution in [0.4, 0.5) is 0 Å². The van der Waals surface area contributed by atoms with Crippen LogP contribution < -0.4 is 5.32 Å². The van der Waals surface area contributed by atoms with E-state index in [1.165, 1.54) is 5.56 Å². The van der Waals surface area contributed by atoms with Gasteiger partial charge in [0.1, 0.15) is 0 Å². The van der Waals surface area contributed by atoms with Crippen LogP contribution in [0.1, 0.15) is 38.8 Å². The molecule has 0 radical (unpaired) electrons. The zero-order valence-electron chi connectivity index (χ0n) is 13.4. The second-order valence-electron chi connectivity index (χ2n) is 6.16. The molecule has 0 saturated carbocycles. The Bertz CT molecular complexity index is 444. The maximum Gasteiger partial charge on any atom is 0.0594 e. The number of halogens is 1. The van der Waals surface area contributed by atoms with Crippen LogP contribution in [0.25, 0.3) is 0 Å². The van der Waals surface area contributed by atoms with Crippen molar-refractivity contribution in [3.8, 4) is 0 Å². The van der Waals surface area contributed by atoms with E-state index in [2.05, 4.69) is 43.1 Å². The number of rotatable bonds is 6. The highest BCUT2D eigenvalue weighted by Crippen LogP contribution is 2.35. The number of ether oxygens (including phenoxy) is 1. The van der Waals surface area contributed by atoms with Crippen molar-refractivity contribution in [3.05, 3.63) is 34.9 Å². The molecule has 4 heteroatoms. The molecular formula is C17H27ClN2O. The van der Waals surface area contributed by atoms with Crippen LogP contribution in [0.2, 0.25) is 5.02 Å². The maximum atomic E-state index is 6.46. The molecule has 1 unspecified atom stereocenters. The number of nitrogens with one attached hydrogen (secondary N) is 1. The van der Waals surface area contributed by atoms with Crippen molar-refractivity contribution in [2.75, 3.05) is 32.8 Å². The molecule has 0 spiro atoms. The van der Waals surface area contributed by atoms with Crippen molar-refractivity contribution < 1.29 is 4.74 Å². The van der Waals surface area contributed by atoms with Gasteiger partial charge in [-0.1, -0.05) is 36.7 Å². The Labute approximate surface area is 133 Å². The number of hydrogen-bond donors (Lipinski definition) is 1. The van der Waals surface area contributed by atoms with Crippen LogP contribution >= 0.6 is 11.6 Å². The predicted molar refractivity (Wildman–Crippen MR) is 89.0 cm³/mol. The lowest BCUT2D eigenvalue weighted by molar-refractivity contribution is -0.0237. The molecule has 2 rings (SSSR count). The molecular weight excluding hydrogens is 284 g/mol. The molecule has 118 valence electrons. The molecule has 1 aliphatic heterocycles. The van der Waals surface area contributed by atoms with Gasteiger partial charge < -0.3 is 10.1 Å². The molecule has 1 saturated heterocycles. The van der Waals surface area contributed by atoms with E-state index in [1.54, 1.807) is 0 Å². The first-order valence-corrected chi connectivity index (χ1v) is 8.25. The third-order valence-electron chi connectivity index (χ3n) is 4.35. The molecule has 1 aromatic carbocycles. The van der Waals surface area contributed by atoms with Crippen LogP contribution in [0.15, 0.2) is 24.3 Å². The summed E-state index contributed by atoms with van der Waals surface area (Å²) in [6.07, 6.45) is 1.11. The second kappa shape index (κ2) is 7.59.